The summed E-state index contributed by atoms with van der Waals surface area (Å²) in [7, 11) is 0. The van der Waals surface area contributed by atoms with Gasteiger partial charge in [0.2, 0.25) is 0 Å². The molecule has 2 aliphatic rings. The largest absolute Gasteiger partial charge is 0.316 e. The van der Waals surface area contributed by atoms with Gasteiger partial charge < -0.3 is 9.88 Å². The third kappa shape index (κ3) is 1.56. The molecule has 1 saturated heterocycles. The van der Waals surface area contributed by atoms with Crippen LogP contribution in [0.25, 0.3) is 0 Å². The average Bonchev–Trinajstić information content (AvgIpc) is 2.83. The lowest BCUT2D eigenvalue weighted by Gasteiger charge is -2.22. The minimum absolute atomic E-state index is 0.564. The van der Waals surface area contributed by atoms with E-state index in [9.17, 15) is 0 Å². The third-order valence-corrected chi connectivity index (χ3v) is 4.08. The summed E-state index contributed by atoms with van der Waals surface area (Å²) in [6, 6.07) is 0. The first-order valence-corrected chi connectivity index (χ1v) is 6.38. The van der Waals surface area contributed by atoms with Crippen molar-refractivity contribution in [2.24, 2.45) is 11.8 Å². The van der Waals surface area contributed by atoms with Gasteiger partial charge in [0.15, 0.2) is 0 Å². The predicted molar refractivity (Wildman–Crippen MR) is 62.3 cm³/mol. The molecule has 88 valence electrons. The average molecular weight is 220 g/mol. The standard InChI is InChI=1S/C12H20N4/c1-8-3-4-16-11(5-8)14-15-12(16)10-7-13-6-9(10)2/h8-10,13H,3-7H2,1-2H3. The summed E-state index contributed by atoms with van der Waals surface area (Å²) in [5, 5.41) is 12.3. The highest BCUT2D eigenvalue weighted by molar-refractivity contribution is 5.09. The molecule has 3 rings (SSSR count). The summed E-state index contributed by atoms with van der Waals surface area (Å²) in [6.45, 7) is 7.90. The minimum Gasteiger partial charge on any atom is -0.316 e. The molecular weight excluding hydrogens is 200 g/mol. The van der Waals surface area contributed by atoms with Gasteiger partial charge in [-0.05, 0) is 24.8 Å². The van der Waals surface area contributed by atoms with E-state index in [2.05, 4.69) is 33.9 Å². The van der Waals surface area contributed by atoms with Gasteiger partial charge in [-0.25, -0.2) is 0 Å². The number of rotatable bonds is 1. The van der Waals surface area contributed by atoms with Gasteiger partial charge in [-0.1, -0.05) is 13.8 Å². The second-order valence-electron chi connectivity index (χ2n) is 5.47. The van der Waals surface area contributed by atoms with Gasteiger partial charge in [0, 0.05) is 25.4 Å². The molecule has 3 unspecified atom stereocenters. The Morgan fingerprint density at radius 1 is 1.25 bits per heavy atom. The van der Waals surface area contributed by atoms with Crippen molar-refractivity contribution in [1.82, 2.24) is 20.1 Å². The second kappa shape index (κ2) is 3.84. The first kappa shape index (κ1) is 10.3. The van der Waals surface area contributed by atoms with Crippen LogP contribution in [0.15, 0.2) is 0 Å². The molecule has 0 aliphatic carbocycles. The Hall–Kier alpha value is -0.900. The van der Waals surface area contributed by atoms with E-state index in [1.165, 1.54) is 18.1 Å². The molecule has 3 atom stereocenters. The molecule has 0 amide bonds. The van der Waals surface area contributed by atoms with Crippen LogP contribution in [-0.2, 0) is 13.0 Å². The highest BCUT2D eigenvalue weighted by Crippen LogP contribution is 2.29. The molecule has 0 aromatic carbocycles. The van der Waals surface area contributed by atoms with Crippen molar-refractivity contribution in [3.63, 3.8) is 0 Å². The maximum atomic E-state index is 4.44. The van der Waals surface area contributed by atoms with Crippen LogP contribution in [0, 0.1) is 11.8 Å². The van der Waals surface area contributed by atoms with Crippen LogP contribution in [0.2, 0.25) is 0 Å². The smallest absolute Gasteiger partial charge is 0.137 e. The number of nitrogens with zero attached hydrogens (tertiary/aromatic N) is 3. The number of hydrogen-bond donors (Lipinski definition) is 1. The molecule has 1 aromatic rings. The monoisotopic (exact) mass is 220 g/mol. The Morgan fingerprint density at radius 2 is 2.12 bits per heavy atom. The van der Waals surface area contributed by atoms with Crippen molar-refractivity contribution in [3.05, 3.63) is 11.6 Å². The van der Waals surface area contributed by atoms with Crippen molar-refractivity contribution in [3.8, 4) is 0 Å². The summed E-state index contributed by atoms with van der Waals surface area (Å²) >= 11 is 0. The zero-order valence-electron chi connectivity index (χ0n) is 10.1. The lowest BCUT2D eigenvalue weighted by atomic mass is 9.95. The van der Waals surface area contributed by atoms with Crippen LogP contribution in [0.4, 0.5) is 0 Å². The Labute approximate surface area is 96.4 Å². The highest BCUT2D eigenvalue weighted by atomic mass is 15.3. The van der Waals surface area contributed by atoms with Crippen LogP contribution in [0.1, 0.15) is 37.8 Å². The minimum atomic E-state index is 0.564. The molecule has 4 heteroatoms. The van der Waals surface area contributed by atoms with E-state index in [1.807, 2.05) is 0 Å². The van der Waals surface area contributed by atoms with Crippen LogP contribution >= 0.6 is 0 Å². The summed E-state index contributed by atoms with van der Waals surface area (Å²) < 4.78 is 2.37. The number of hydrogen-bond acceptors (Lipinski definition) is 3. The Kier molecular flexibility index (Phi) is 2.46. The van der Waals surface area contributed by atoms with Gasteiger partial charge in [0.1, 0.15) is 11.6 Å². The molecule has 1 fully saturated rings. The van der Waals surface area contributed by atoms with Crippen LogP contribution in [0.3, 0.4) is 0 Å². The molecule has 1 N–H and O–H groups in total. The molecule has 4 nitrogen and oxygen atoms in total. The normalized spacial score (nSPS) is 34.0. The second-order valence-corrected chi connectivity index (χ2v) is 5.47. The Bertz CT molecular complexity index is 384. The van der Waals surface area contributed by atoms with Gasteiger partial charge in [-0.3, -0.25) is 0 Å². The van der Waals surface area contributed by atoms with Gasteiger partial charge in [0.25, 0.3) is 0 Å². The van der Waals surface area contributed by atoms with Crippen LogP contribution < -0.4 is 5.32 Å². The summed E-state index contributed by atoms with van der Waals surface area (Å²) in [5.74, 6) is 4.44. The maximum absolute atomic E-state index is 4.44. The van der Waals surface area contributed by atoms with Crippen molar-refractivity contribution < 1.29 is 0 Å². The van der Waals surface area contributed by atoms with E-state index in [0.29, 0.717) is 11.8 Å². The van der Waals surface area contributed by atoms with Crippen LogP contribution in [0.5, 0.6) is 0 Å². The number of nitrogens with one attached hydrogen (secondary N) is 1. The van der Waals surface area contributed by atoms with E-state index in [-0.39, 0.29) is 0 Å². The molecule has 16 heavy (non-hydrogen) atoms. The molecule has 1 aromatic heterocycles. The molecule has 0 bridgehead atoms. The number of aromatic nitrogens is 3. The summed E-state index contributed by atoms with van der Waals surface area (Å²) in [5.41, 5.74) is 0. The lowest BCUT2D eigenvalue weighted by molar-refractivity contribution is 0.391. The van der Waals surface area contributed by atoms with E-state index in [0.717, 1.165) is 32.0 Å². The van der Waals surface area contributed by atoms with Gasteiger partial charge >= 0.3 is 0 Å². The fraction of sp³-hybridized carbons (Fsp3) is 0.833. The SMILES string of the molecule is CC1CCn2c(nnc2C2CNCC2C)C1. The molecule has 0 saturated carbocycles. The summed E-state index contributed by atoms with van der Waals surface area (Å²) in [6.07, 6.45) is 2.37. The van der Waals surface area contributed by atoms with Gasteiger partial charge in [-0.15, -0.1) is 10.2 Å². The lowest BCUT2D eigenvalue weighted by Crippen LogP contribution is -2.22. The number of fused-ring (bicyclic) bond motifs is 1. The first-order valence-electron chi connectivity index (χ1n) is 6.38. The zero-order chi connectivity index (χ0) is 11.1. The van der Waals surface area contributed by atoms with Crippen molar-refractivity contribution in [2.45, 2.75) is 39.2 Å². The predicted octanol–water partition coefficient (Wildman–Crippen LogP) is 1.18. The highest BCUT2D eigenvalue weighted by Gasteiger charge is 2.31. The Morgan fingerprint density at radius 3 is 2.88 bits per heavy atom. The van der Waals surface area contributed by atoms with E-state index >= 15 is 0 Å². The molecule has 2 aliphatic heterocycles. The molecule has 3 heterocycles. The maximum Gasteiger partial charge on any atom is 0.137 e. The van der Waals surface area contributed by atoms with Crippen molar-refractivity contribution in [1.29, 1.82) is 0 Å². The van der Waals surface area contributed by atoms with E-state index in [1.54, 1.807) is 0 Å². The first-order chi connectivity index (χ1) is 7.75. The van der Waals surface area contributed by atoms with E-state index in [4.69, 9.17) is 0 Å². The van der Waals surface area contributed by atoms with Crippen molar-refractivity contribution in [2.75, 3.05) is 13.1 Å². The van der Waals surface area contributed by atoms with Gasteiger partial charge in [0.05, 0.1) is 0 Å². The molecule has 0 spiro atoms. The van der Waals surface area contributed by atoms with Crippen LogP contribution in [-0.4, -0.2) is 27.9 Å². The quantitative estimate of drug-likeness (QED) is 0.773. The van der Waals surface area contributed by atoms with E-state index < -0.39 is 0 Å². The fourth-order valence-corrected chi connectivity index (χ4v) is 2.94. The Balaban J connectivity index is 1.91. The molecular formula is C12H20N4. The topological polar surface area (TPSA) is 42.7 Å². The summed E-state index contributed by atoms with van der Waals surface area (Å²) in [4.78, 5) is 0. The van der Waals surface area contributed by atoms with Crippen molar-refractivity contribution >= 4 is 0 Å². The zero-order valence-corrected chi connectivity index (χ0v) is 10.1. The molecule has 0 radical (unpaired) electrons. The third-order valence-electron chi connectivity index (χ3n) is 4.08. The van der Waals surface area contributed by atoms with Gasteiger partial charge in [-0.2, -0.15) is 0 Å². The fourth-order valence-electron chi connectivity index (χ4n) is 2.94.